The zero-order valence-corrected chi connectivity index (χ0v) is 25.0. The number of carbonyl (C=O) groups excluding carboxylic acids is 1. The van der Waals surface area contributed by atoms with Crippen LogP contribution in [0, 0.1) is 25.5 Å². The average Bonchev–Trinajstić information content (AvgIpc) is 2.99. The van der Waals surface area contributed by atoms with Crippen LogP contribution in [0.25, 0.3) is 22.2 Å². The highest BCUT2D eigenvalue weighted by molar-refractivity contribution is 5.99. The van der Waals surface area contributed by atoms with Crippen LogP contribution in [0.4, 0.5) is 22.0 Å². The first-order valence-electron chi connectivity index (χ1n) is 13.7. The van der Waals surface area contributed by atoms with Gasteiger partial charge in [-0.1, -0.05) is 12.1 Å². The summed E-state index contributed by atoms with van der Waals surface area (Å²) in [6.45, 7) is 1.26. The maximum atomic E-state index is 15.3. The summed E-state index contributed by atoms with van der Waals surface area (Å²) in [6, 6.07) is 10.2. The number of benzene rings is 2. The second kappa shape index (κ2) is 12.6. The molecule has 0 aliphatic carbocycles. The second-order valence-corrected chi connectivity index (χ2v) is 10.4. The number of halogens is 5. The zero-order valence-electron chi connectivity index (χ0n) is 25.0. The van der Waals surface area contributed by atoms with Crippen LogP contribution in [-0.4, -0.2) is 40.7 Å². The Bertz CT molecular complexity index is 2040. The third kappa shape index (κ3) is 6.53. The largest absolute Gasteiger partial charge is 0.491 e. The molecule has 0 aliphatic rings. The van der Waals surface area contributed by atoms with E-state index < -0.39 is 47.6 Å². The number of Topliss-reactive ketones (excluding diaryl/α,β-unsaturated/α-hetero) is 1. The van der Waals surface area contributed by atoms with Crippen LogP contribution >= 0.6 is 0 Å². The van der Waals surface area contributed by atoms with Gasteiger partial charge in [0.05, 0.1) is 25.3 Å². The minimum absolute atomic E-state index is 0.142. The molecule has 46 heavy (non-hydrogen) atoms. The van der Waals surface area contributed by atoms with E-state index in [-0.39, 0.29) is 45.3 Å². The summed E-state index contributed by atoms with van der Waals surface area (Å²) in [6.07, 6.45) is -2.72. The van der Waals surface area contributed by atoms with Crippen LogP contribution < -0.4 is 19.6 Å². The number of nitrogens with zero attached hydrogens (tertiary/aromatic N) is 3. The molecular weight excluding hydrogens is 613 g/mol. The maximum absolute atomic E-state index is 15.3. The normalized spacial score (nSPS) is 11.5. The van der Waals surface area contributed by atoms with Gasteiger partial charge in [0.15, 0.2) is 34.3 Å². The van der Waals surface area contributed by atoms with Gasteiger partial charge in [-0.2, -0.15) is 13.2 Å². The van der Waals surface area contributed by atoms with E-state index in [1.807, 2.05) is 0 Å². The van der Waals surface area contributed by atoms with Crippen LogP contribution in [0.5, 0.6) is 23.1 Å². The molecule has 0 bridgehead atoms. The van der Waals surface area contributed by atoms with Gasteiger partial charge in [-0.25, -0.2) is 13.8 Å². The molecule has 3 aromatic heterocycles. The van der Waals surface area contributed by atoms with Gasteiger partial charge in [0, 0.05) is 42.2 Å². The van der Waals surface area contributed by atoms with Crippen molar-refractivity contribution in [3.8, 4) is 34.3 Å². The Morgan fingerprint density at radius 3 is 2.33 bits per heavy atom. The summed E-state index contributed by atoms with van der Waals surface area (Å²) in [5.74, 6) is -1.83. The lowest BCUT2D eigenvalue weighted by Crippen LogP contribution is -2.28. The number of ketones is 1. The average molecular weight is 640 g/mol. The molecule has 0 saturated heterocycles. The number of aromatic nitrogens is 3. The molecule has 0 atom stereocenters. The third-order valence-electron chi connectivity index (χ3n) is 7.26. The number of ether oxygens (including phenoxy) is 3. The fraction of sp³-hybridized carbons (Fsp3) is 0.212. The first-order chi connectivity index (χ1) is 21.8. The van der Waals surface area contributed by atoms with Crippen molar-refractivity contribution in [1.82, 2.24) is 14.5 Å². The third-order valence-corrected chi connectivity index (χ3v) is 7.26. The van der Waals surface area contributed by atoms with E-state index in [9.17, 15) is 27.2 Å². The summed E-state index contributed by atoms with van der Waals surface area (Å²) in [4.78, 5) is 35.6. The van der Waals surface area contributed by atoms with E-state index in [1.165, 1.54) is 58.5 Å². The molecule has 0 amide bonds. The summed E-state index contributed by atoms with van der Waals surface area (Å²) >= 11 is 0. The molecule has 5 aromatic rings. The Labute approximate surface area is 259 Å². The number of fused-ring (bicyclic) bond motifs is 1. The molecule has 0 radical (unpaired) electrons. The predicted molar refractivity (Wildman–Crippen MR) is 159 cm³/mol. The quantitative estimate of drug-likeness (QED) is 0.125. The number of pyridine rings is 3. The molecule has 8 nitrogen and oxygen atoms in total. The number of carbonyl (C=O) groups is 1. The van der Waals surface area contributed by atoms with Crippen molar-refractivity contribution in [2.75, 3.05) is 14.2 Å². The van der Waals surface area contributed by atoms with Crippen LogP contribution in [0.3, 0.4) is 0 Å². The molecule has 3 heterocycles. The lowest BCUT2D eigenvalue weighted by Gasteiger charge is -2.19. The molecule has 2 aromatic carbocycles. The van der Waals surface area contributed by atoms with E-state index >= 15 is 4.39 Å². The standard InChI is InChI=1S/C33H26F5N3O5/c1-17-11-20(34)6-7-21(17)22-15-41(16-33(36,37)38)18(2)29(31(22)43)25(42)13-19-5-8-26(23(35)12-19)46-27-9-10-39-24-14-28(44-3)32(45-4)40-30(24)27/h5-12,14-15H,13,16H2,1-4H3. The number of hydrogen-bond donors (Lipinski definition) is 0. The van der Waals surface area contributed by atoms with Crippen molar-refractivity contribution in [3.63, 3.8) is 0 Å². The van der Waals surface area contributed by atoms with Gasteiger partial charge in [-0.05, 0) is 54.8 Å². The summed E-state index contributed by atoms with van der Waals surface area (Å²) in [7, 11) is 2.84. The van der Waals surface area contributed by atoms with Crippen molar-refractivity contribution in [3.05, 3.63) is 105 Å². The molecule has 0 saturated carbocycles. The molecule has 0 fully saturated rings. The molecule has 13 heteroatoms. The Kier molecular flexibility index (Phi) is 8.77. The van der Waals surface area contributed by atoms with E-state index in [4.69, 9.17) is 14.2 Å². The summed E-state index contributed by atoms with van der Waals surface area (Å²) in [5.41, 5.74) is -0.432. The molecule has 0 unspecified atom stereocenters. The van der Waals surface area contributed by atoms with E-state index in [0.29, 0.717) is 16.8 Å². The molecule has 238 valence electrons. The Hall–Kier alpha value is -5.33. The second-order valence-electron chi connectivity index (χ2n) is 10.4. The van der Waals surface area contributed by atoms with Gasteiger partial charge < -0.3 is 18.8 Å². The first kappa shape index (κ1) is 32.1. The highest BCUT2D eigenvalue weighted by Gasteiger charge is 2.30. The van der Waals surface area contributed by atoms with Crippen molar-refractivity contribution in [2.45, 2.75) is 33.0 Å². The SMILES string of the molecule is COc1cc2nccc(Oc3ccc(CC(=O)c4c(C)n(CC(F)(F)F)cc(-c5ccc(F)cc5C)c4=O)cc3F)c2nc1OC. The van der Waals surface area contributed by atoms with Gasteiger partial charge in [0.1, 0.15) is 17.9 Å². The Morgan fingerprint density at radius 2 is 1.67 bits per heavy atom. The van der Waals surface area contributed by atoms with Crippen LogP contribution in [-0.2, 0) is 13.0 Å². The molecule has 0 N–H and O–H groups in total. The number of methoxy groups -OCH3 is 2. The van der Waals surface area contributed by atoms with E-state index in [0.717, 1.165) is 29.0 Å². The topological polar surface area (TPSA) is 92.5 Å². The van der Waals surface area contributed by atoms with Gasteiger partial charge in [-0.15, -0.1) is 0 Å². The highest BCUT2D eigenvalue weighted by atomic mass is 19.4. The van der Waals surface area contributed by atoms with Crippen molar-refractivity contribution in [2.24, 2.45) is 0 Å². The van der Waals surface area contributed by atoms with Crippen molar-refractivity contribution < 1.29 is 41.0 Å². The maximum Gasteiger partial charge on any atom is 0.406 e. The van der Waals surface area contributed by atoms with Gasteiger partial charge >= 0.3 is 6.18 Å². The van der Waals surface area contributed by atoms with Gasteiger partial charge in [-0.3, -0.25) is 14.6 Å². The van der Waals surface area contributed by atoms with Gasteiger partial charge in [0.2, 0.25) is 0 Å². The number of aryl methyl sites for hydroxylation is 1. The molecule has 0 spiro atoms. The lowest BCUT2D eigenvalue weighted by atomic mass is 9.95. The molecular formula is C33H26F5N3O5. The van der Waals surface area contributed by atoms with Gasteiger partial charge in [0.25, 0.3) is 5.88 Å². The van der Waals surface area contributed by atoms with Crippen LogP contribution in [0.2, 0.25) is 0 Å². The van der Waals surface area contributed by atoms with Crippen molar-refractivity contribution >= 4 is 16.8 Å². The first-order valence-corrected chi connectivity index (χ1v) is 13.7. The summed E-state index contributed by atoms with van der Waals surface area (Å²) < 4.78 is 86.4. The van der Waals surface area contributed by atoms with Crippen LogP contribution in [0.15, 0.2) is 65.7 Å². The minimum atomic E-state index is -4.67. The molecule has 0 aliphatic heterocycles. The number of rotatable bonds is 9. The monoisotopic (exact) mass is 639 g/mol. The van der Waals surface area contributed by atoms with Crippen molar-refractivity contribution in [1.29, 1.82) is 0 Å². The zero-order chi connectivity index (χ0) is 33.3. The number of alkyl halides is 3. The van der Waals surface area contributed by atoms with E-state index in [2.05, 4.69) is 9.97 Å². The fourth-order valence-electron chi connectivity index (χ4n) is 5.08. The summed E-state index contributed by atoms with van der Waals surface area (Å²) in [5, 5.41) is 0. The van der Waals surface area contributed by atoms with Crippen LogP contribution in [0.1, 0.15) is 27.2 Å². The molecule has 5 rings (SSSR count). The smallest absolute Gasteiger partial charge is 0.406 e. The highest BCUT2D eigenvalue weighted by Crippen LogP contribution is 2.35. The fourth-order valence-corrected chi connectivity index (χ4v) is 5.08. The predicted octanol–water partition coefficient (Wildman–Crippen LogP) is 7.15. The number of hydrogen-bond acceptors (Lipinski definition) is 7. The lowest BCUT2D eigenvalue weighted by molar-refractivity contribution is -0.141. The minimum Gasteiger partial charge on any atom is -0.491 e. The Balaban J connectivity index is 1.48. The van der Waals surface area contributed by atoms with E-state index in [1.54, 1.807) is 6.07 Å². The Morgan fingerprint density at radius 1 is 0.913 bits per heavy atom.